The van der Waals surface area contributed by atoms with Gasteiger partial charge in [0, 0.05) is 6.54 Å². The molecule has 0 radical (unpaired) electrons. The summed E-state index contributed by atoms with van der Waals surface area (Å²) in [5, 5.41) is 5.00. The zero-order chi connectivity index (χ0) is 15.3. The first kappa shape index (κ1) is 15.9. The van der Waals surface area contributed by atoms with Crippen LogP contribution in [0.5, 0.6) is 0 Å². The van der Waals surface area contributed by atoms with Crippen molar-refractivity contribution in [2.75, 3.05) is 11.3 Å². The van der Waals surface area contributed by atoms with Crippen LogP contribution >= 0.6 is 11.3 Å². The number of benzene rings is 1. The monoisotopic (exact) mass is 328 g/mol. The van der Waals surface area contributed by atoms with Crippen LogP contribution in [0.4, 0.5) is 10.1 Å². The lowest BCUT2D eigenvalue weighted by atomic mass is 10.3. The van der Waals surface area contributed by atoms with Gasteiger partial charge in [0.25, 0.3) is 10.0 Å². The van der Waals surface area contributed by atoms with E-state index in [4.69, 9.17) is 0 Å². The van der Waals surface area contributed by atoms with Crippen LogP contribution in [0.25, 0.3) is 0 Å². The molecule has 0 amide bonds. The van der Waals surface area contributed by atoms with Gasteiger partial charge in [-0.25, -0.2) is 12.8 Å². The second-order valence-electron chi connectivity index (χ2n) is 4.54. The van der Waals surface area contributed by atoms with Crippen molar-refractivity contribution in [2.24, 2.45) is 0 Å². The molecule has 1 aromatic carbocycles. The fourth-order valence-electron chi connectivity index (χ4n) is 1.74. The Hall–Kier alpha value is -1.44. The summed E-state index contributed by atoms with van der Waals surface area (Å²) in [5.41, 5.74) is 0.860. The summed E-state index contributed by atoms with van der Waals surface area (Å²) in [7, 11) is -3.74. The fraction of sp³-hybridized carbons (Fsp3) is 0.286. The first-order chi connectivity index (χ1) is 10.0. The molecule has 0 spiro atoms. The third-order valence-corrected chi connectivity index (χ3v) is 5.62. The number of rotatable bonds is 7. The summed E-state index contributed by atoms with van der Waals surface area (Å²) < 4.78 is 40.4. The van der Waals surface area contributed by atoms with Gasteiger partial charge in [-0.15, -0.1) is 11.3 Å². The highest BCUT2D eigenvalue weighted by atomic mass is 32.2. The Balaban J connectivity index is 2.11. The molecular weight excluding hydrogens is 311 g/mol. The molecule has 0 fully saturated rings. The number of thiophene rings is 1. The second kappa shape index (κ2) is 7.02. The van der Waals surface area contributed by atoms with Crippen molar-refractivity contribution in [2.45, 2.75) is 24.1 Å². The maximum atomic E-state index is 13.5. The summed E-state index contributed by atoms with van der Waals surface area (Å²) in [6.45, 7) is 3.57. The summed E-state index contributed by atoms with van der Waals surface area (Å²) in [5.74, 6) is -0.595. The molecule has 2 aromatic rings. The molecule has 0 aliphatic carbocycles. The lowest BCUT2D eigenvalue weighted by Crippen LogP contribution is -2.14. The molecule has 2 rings (SSSR count). The molecule has 0 bridgehead atoms. The Morgan fingerprint density at radius 2 is 2.05 bits per heavy atom. The Morgan fingerprint density at radius 3 is 2.76 bits per heavy atom. The van der Waals surface area contributed by atoms with Crippen LogP contribution in [0, 0.1) is 5.82 Å². The van der Waals surface area contributed by atoms with E-state index in [1.165, 1.54) is 18.2 Å². The molecule has 0 aliphatic heterocycles. The Labute approximate surface area is 128 Å². The predicted molar refractivity (Wildman–Crippen MR) is 83.5 cm³/mol. The third kappa shape index (κ3) is 4.26. The normalized spacial score (nSPS) is 11.5. The zero-order valence-corrected chi connectivity index (χ0v) is 13.2. The van der Waals surface area contributed by atoms with Crippen molar-refractivity contribution >= 4 is 27.0 Å². The fourth-order valence-corrected chi connectivity index (χ4v) is 4.01. The van der Waals surface area contributed by atoms with Gasteiger partial charge in [0.05, 0.1) is 5.69 Å². The first-order valence-corrected chi connectivity index (χ1v) is 8.94. The highest BCUT2D eigenvalue weighted by Gasteiger charge is 2.18. The summed E-state index contributed by atoms with van der Waals surface area (Å²) >= 11 is 1.13. The number of halogens is 1. The molecule has 2 N–H and O–H groups in total. The van der Waals surface area contributed by atoms with Crippen LogP contribution in [0.1, 0.15) is 18.9 Å². The smallest absolute Gasteiger partial charge is 0.271 e. The van der Waals surface area contributed by atoms with E-state index in [2.05, 4.69) is 17.0 Å². The maximum absolute atomic E-state index is 13.5. The quantitative estimate of drug-likeness (QED) is 0.768. The molecule has 0 aliphatic rings. The van der Waals surface area contributed by atoms with Crippen LogP contribution in [0.3, 0.4) is 0 Å². The molecule has 0 saturated carbocycles. The van der Waals surface area contributed by atoms with Crippen LogP contribution in [0.2, 0.25) is 0 Å². The SMILES string of the molecule is CCCNCc1csc(S(=O)(=O)Nc2ccccc2F)c1. The second-order valence-corrected chi connectivity index (χ2v) is 7.36. The third-order valence-electron chi connectivity index (χ3n) is 2.77. The van der Waals surface area contributed by atoms with Crippen LogP contribution < -0.4 is 10.0 Å². The van der Waals surface area contributed by atoms with Gasteiger partial charge in [-0.2, -0.15) is 0 Å². The van der Waals surface area contributed by atoms with E-state index < -0.39 is 15.8 Å². The van der Waals surface area contributed by atoms with E-state index in [-0.39, 0.29) is 9.90 Å². The Kier molecular flexibility index (Phi) is 5.33. The molecular formula is C14H17FN2O2S2. The van der Waals surface area contributed by atoms with E-state index in [0.29, 0.717) is 6.54 Å². The minimum atomic E-state index is -3.74. The average Bonchev–Trinajstić information content (AvgIpc) is 2.91. The lowest BCUT2D eigenvalue weighted by molar-refractivity contribution is 0.600. The molecule has 0 atom stereocenters. The largest absolute Gasteiger partial charge is 0.313 e. The van der Waals surface area contributed by atoms with Gasteiger partial charge in [0.15, 0.2) is 0 Å². The van der Waals surface area contributed by atoms with Crippen molar-refractivity contribution in [3.63, 3.8) is 0 Å². The van der Waals surface area contributed by atoms with Crippen molar-refractivity contribution < 1.29 is 12.8 Å². The maximum Gasteiger partial charge on any atom is 0.271 e. The van der Waals surface area contributed by atoms with E-state index in [0.717, 1.165) is 29.9 Å². The van der Waals surface area contributed by atoms with Gasteiger partial charge in [-0.05, 0) is 42.1 Å². The van der Waals surface area contributed by atoms with Crippen LogP contribution in [-0.4, -0.2) is 15.0 Å². The lowest BCUT2D eigenvalue weighted by Gasteiger charge is -2.06. The van der Waals surface area contributed by atoms with E-state index in [1.807, 2.05) is 0 Å². The minimum absolute atomic E-state index is 0.0449. The number of hydrogen-bond donors (Lipinski definition) is 2. The van der Waals surface area contributed by atoms with Gasteiger partial charge < -0.3 is 5.32 Å². The average molecular weight is 328 g/mol. The standard InChI is InChI=1S/C14H17FN2O2S2/c1-2-7-16-9-11-8-14(20-10-11)21(18,19)17-13-6-4-3-5-12(13)15/h3-6,8,10,16-17H,2,7,9H2,1H3. The Morgan fingerprint density at radius 1 is 1.29 bits per heavy atom. The Bertz CT molecular complexity index is 699. The topological polar surface area (TPSA) is 58.2 Å². The van der Waals surface area contributed by atoms with Gasteiger partial charge in [0.2, 0.25) is 0 Å². The van der Waals surface area contributed by atoms with Crippen molar-refractivity contribution in [1.29, 1.82) is 0 Å². The molecule has 0 saturated heterocycles. The number of anilines is 1. The highest BCUT2D eigenvalue weighted by Crippen LogP contribution is 2.24. The van der Waals surface area contributed by atoms with Gasteiger partial charge in [0.1, 0.15) is 10.0 Å². The molecule has 0 unspecified atom stereocenters. The molecule has 21 heavy (non-hydrogen) atoms. The summed E-state index contributed by atoms with van der Waals surface area (Å²) in [6.07, 6.45) is 1.02. The minimum Gasteiger partial charge on any atom is -0.313 e. The number of sulfonamides is 1. The van der Waals surface area contributed by atoms with Crippen molar-refractivity contribution in [3.05, 3.63) is 47.1 Å². The first-order valence-electron chi connectivity index (χ1n) is 6.58. The van der Waals surface area contributed by atoms with E-state index in [9.17, 15) is 12.8 Å². The molecule has 4 nitrogen and oxygen atoms in total. The molecule has 7 heteroatoms. The van der Waals surface area contributed by atoms with Gasteiger partial charge in [-0.3, -0.25) is 4.72 Å². The number of hydrogen-bond acceptors (Lipinski definition) is 4. The summed E-state index contributed by atoms with van der Waals surface area (Å²) in [6, 6.07) is 7.30. The van der Waals surface area contributed by atoms with E-state index in [1.54, 1.807) is 17.5 Å². The van der Waals surface area contributed by atoms with Crippen LogP contribution in [-0.2, 0) is 16.6 Å². The molecule has 1 heterocycles. The predicted octanol–water partition coefficient (Wildman–Crippen LogP) is 3.19. The van der Waals surface area contributed by atoms with Crippen LogP contribution in [0.15, 0.2) is 39.9 Å². The summed E-state index contributed by atoms with van der Waals surface area (Å²) in [4.78, 5) is 0. The number of para-hydroxylation sites is 1. The van der Waals surface area contributed by atoms with Gasteiger partial charge in [-0.1, -0.05) is 19.1 Å². The van der Waals surface area contributed by atoms with Gasteiger partial charge >= 0.3 is 0 Å². The molecule has 114 valence electrons. The number of nitrogens with one attached hydrogen (secondary N) is 2. The molecule has 1 aromatic heterocycles. The highest BCUT2D eigenvalue weighted by molar-refractivity contribution is 7.94. The van der Waals surface area contributed by atoms with E-state index >= 15 is 0 Å². The van der Waals surface area contributed by atoms with Crippen molar-refractivity contribution in [1.82, 2.24) is 5.32 Å². The van der Waals surface area contributed by atoms with Crippen molar-refractivity contribution in [3.8, 4) is 0 Å². The zero-order valence-electron chi connectivity index (χ0n) is 11.6.